The van der Waals surface area contributed by atoms with Gasteiger partial charge in [0.15, 0.2) is 0 Å². The third-order valence-corrected chi connectivity index (χ3v) is 5.44. The molecule has 2 amide bonds. The van der Waals surface area contributed by atoms with Gasteiger partial charge in [0, 0.05) is 23.8 Å². The van der Waals surface area contributed by atoms with Gasteiger partial charge in [0.05, 0.1) is 10.6 Å². The molecular formula is C22H26ClN3O2. The Kier molecular flexibility index (Phi) is 6.93. The van der Waals surface area contributed by atoms with Gasteiger partial charge in [-0.15, -0.1) is 0 Å². The highest BCUT2D eigenvalue weighted by Gasteiger charge is 2.19. The molecule has 28 heavy (non-hydrogen) atoms. The van der Waals surface area contributed by atoms with E-state index in [1.165, 1.54) is 6.42 Å². The third-order valence-electron chi connectivity index (χ3n) is 5.11. The molecule has 0 bridgehead atoms. The van der Waals surface area contributed by atoms with Gasteiger partial charge in [-0.1, -0.05) is 49.1 Å². The molecule has 0 heterocycles. The van der Waals surface area contributed by atoms with Crippen LogP contribution < -0.4 is 16.4 Å². The van der Waals surface area contributed by atoms with Crippen molar-refractivity contribution in [3.8, 4) is 0 Å². The van der Waals surface area contributed by atoms with Crippen molar-refractivity contribution < 1.29 is 9.59 Å². The van der Waals surface area contributed by atoms with Gasteiger partial charge in [0.1, 0.15) is 0 Å². The van der Waals surface area contributed by atoms with Crippen molar-refractivity contribution in [3.63, 3.8) is 0 Å². The fraction of sp³-hybridized carbons (Fsp3) is 0.364. The number of amides is 2. The lowest BCUT2D eigenvalue weighted by molar-refractivity contribution is -0.116. The second-order valence-electron chi connectivity index (χ2n) is 7.25. The van der Waals surface area contributed by atoms with E-state index in [0.29, 0.717) is 34.8 Å². The highest BCUT2D eigenvalue weighted by molar-refractivity contribution is 6.34. The van der Waals surface area contributed by atoms with Crippen molar-refractivity contribution in [3.05, 3.63) is 58.6 Å². The van der Waals surface area contributed by atoms with Crippen LogP contribution in [-0.4, -0.2) is 17.9 Å². The number of hydrogen-bond donors (Lipinski definition) is 3. The lowest BCUT2D eigenvalue weighted by atomic mass is 9.95. The van der Waals surface area contributed by atoms with Gasteiger partial charge in [-0.05, 0) is 49.1 Å². The van der Waals surface area contributed by atoms with Crippen LogP contribution in [0.2, 0.25) is 5.02 Å². The summed E-state index contributed by atoms with van der Waals surface area (Å²) < 4.78 is 0. The Morgan fingerprint density at radius 2 is 1.82 bits per heavy atom. The van der Waals surface area contributed by atoms with Crippen LogP contribution in [0.1, 0.15) is 54.4 Å². The molecule has 0 atom stereocenters. The second-order valence-corrected chi connectivity index (χ2v) is 7.66. The average molecular weight is 400 g/mol. The van der Waals surface area contributed by atoms with Crippen LogP contribution in [0, 0.1) is 0 Å². The number of carbonyl (C=O) groups excluding carboxylic acids is 2. The molecule has 0 aliphatic heterocycles. The van der Waals surface area contributed by atoms with E-state index >= 15 is 0 Å². The molecule has 0 saturated heterocycles. The number of carbonyl (C=O) groups is 2. The fourth-order valence-corrected chi connectivity index (χ4v) is 3.72. The van der Waals surface area contributed by atoms with E-state index in [0.717, 1.165) is 31.2 Å². The number of nitrogen functional groups attached to an aromatic ring is 1. The minimum Gasteiger partial charge on any atom is -0.399 e. The number of aryl methyl sites for hydroxylation is 1. The lowest BCUT2D eigenvalue weighted by Gasteiger charge is -2.23. The molecule has 5 nitrogen and oxygen atoms in total. The number of rotatable bonds is 6. The SMILES string of the molecule is Nc1ccccc1CCC(=O)Nc1ccc(Cl)c(C(=O)NC2CCCCC2)c1. The van der Waals surface area contributed by atoms with Crippen LogP contribution in [0.4, 0.5) is 11.4 Å². The zero-order valence-electron chi connectivity index (χ0n) is 15.8. The first kappa shape index (κ1) is 20.2. The minimum atomic E-state index is -0.190. The van der Waals surface area contributed by atoms with E-state index in [9.17, 15) is 9.59 Å². The average Bonchev–Trinajstić information content (AvgIpc) is 2.69. The Morgan fingerprint density at radius 1 is 1.07 bits per heavy atom. The van der Waals surface area contributed by atoms with Gasteiger partial charge in [-0.3, -0.25) is 9.59 Å². The normalized spacial score (nSPS) is 14.5. The number of hydrogen-bond acceptors (Lipinski definition) is 3. The molecule has 1 saturated carbocycles. The largest absolute Gasteiger partial charge is 0.399 e. The predicted octanol–water partition coefficient (Wildman–Crippen LogP) is 4.56. The van der Waals surface area contributed by atoms with E-state index in [1.807, 2.05) is 24.3 Å². The smallest absolute Gasteiger partial charge is 0.253 e. The van der Waals surface area contributed by atoms with Gasteiger partial charge >= 0.3 is 0 Å². The van der Waals surface area contributed by atoms with Gasteiger partial charge in [-0.2, -0.15) is 0 Å². The van der Waals surface area contributed by atoms with E-state index in [4.69, 9.17) is 17.3 Å². The Morgan fingerprint density at radius 3 is 2.57 bits per heavy atom. The summed E-state index contributed by atoms with van der Waals surface area (Å²) in [7, 11) is 0. The molecule has 4 N–H and O–H groups in total. The standard InChI is InChI=1S/C22H26ClN3O2/c23-19-12-11-17(14-18(19)22(28)26-16-7-2-1-3-8-16)25-21(27)13-10-15-6-4-5-9-20(15)24/h4-6,9,11-12,14,16H,1-3,7-8,10,13,24H2,(H,25,27)(H,26,28). The molecule has 0 unspecified atom stereocenters. The molecule has 1 aliphatic rings. The van der Waals surface area contributed by atoms with Gasteiger partial charge in [-0.25, -0.2) is 0 Å². The lowest BCUT2D eigenvalue weighted by Crippen LogP contribution is -2.36. The van der Waals surface area contributed by atoms with Crippen LogP contribution in [-0.2, 0) is 11.2 Å². The Balaban J connectivity index is 1.59. The minimum absolute atomic E-state index is 0.135. The number of anilines is 2. The molecule has 0 radical (unpaired) electrons. The summed E-state index contributed by atoms with van der Waals surface area (Å²) in [5, 5.41) is 6.28. The molecule has 0 spiro atoms. The van der Waals surface area contributed by atoms with Crippen LogP contribution in [0.5, 0.6) is 0 Å². The first-order chi connectivity index (χ1) is 13.5. The summed E-state index contributed by atoms with van der Waals surface area (Å²) in [6, 6.07) is 12.7. The highest BCUT2D eigenvalue weighted by atomic mass is 35.5. The molecule has 2 aromatic carbocycles. The van der Waals surface area contributed by atoms with E-state index in [-0.39, 0.29) is 17.9 Å². The molecule has 148 valence electrons. The van der Waals surface area contributed by atoms with Crippen LogP contribution in [0.25, 0.3) is 0 Å². The quantitative estimate of drug-likeness (QED) is 0.622. The number of para-hydroxylation sites is 1. The number of nitrogens with one attached hydrogen (secondary N) is 2. The number of benzene rings is 2. The summed E-state index contributed by atoms with van der Waals surface area (Å²) in [5.74, 6) is -0.325. The Hall–Kier alpha value is -2.53. The van der Waals surface area contributed by atoms with Crippen molar-refractivity contribution in [2.45, 2.75) is 51.0 Å². The zero-order valence-corrected chi connectivity index (χ0v) is 16.6. The predicted molar refractivity (Wildman–Crippen MR) is 114 cm³/mol. The van der Waals surface area contributed by atoms with Crippen molar-refractivity contribution in [1.29, 1.82) is 0 Å². The second kappa shape index (κ2) is 9.60. The number of nitrogens with two attached hydrogens (primary N) is 1. The van der Waals surface area contributed by atoms with Gasteiger partial charge in [0.25, 0.3) is 5.91 Å². The molecule has 1 fully saturated rings. The Labute approximate surface area is 170 Å². The van der Waals surface area contributed by atoms with E-state index in [2.05, 4.69) is 10.6 Å². The molecule has 1 aliphatic carbocycles. The van der Waals surface area contributed by atoms with Crippen LogP contribution in [0.3, 0.4) is 0 Å². The monoisotopic (exact) mass is 399 g/mol. The topological polar surface area (TPSA) is 84.2 Å². The van der Waals surface area contributed by atoms with E-state index in [1.54, 1.807) is 18.2 Å². The first-order valence-corrected chi connectivity index (χ1v) is 10.1. The summed E-state index contributed by atoms with van der Waals surface area (Å²) in [4.78, 5) is 24.9. The van der Waals surface area contributed by atoms with Gasteiger partial charge in [0.2, 0.25) is 5.91 Å². The maximum atomic E-state index is 12.6. The van der Waals surface area contributed by atoms with Crippen LogP contribution >= 0.6 is 11.6 Å². The third kappa shape index (κ3) is 5.49. The first-order valence-electron chi connectivity index (χ1n) is 9.76. The summed E-state index contributed by atoms with van der Waals surface area (Å²) in [5.41, 5.74) is 8.49. The summed E-state index contributed by atoms with van der Waals surface area (Å²) >= 11 is 6.22. The summed E-state index contributed by atoms with van der Waals surface area (Å²) in [6.07, 6.45) is 6.37. The van der Waals surface area contributed by atoms with Crippen molar-refractivity contribution in [2.75, 3.05) is 11.1 Å². The maximum Gasteiger partial charge on any atom is 0.253 e. The molecule has 0 aromatic heterocycles. The maximum absolute atomic E-state index is 12.6. The van der Waals surface area contributed by atoms with Crippen molar-refractivity contribution >= 4 is 34.8 Å². The van der Waals surface area contributed by atoms with Crippen LogP contribution in [0.15, 0.2) is 42.5 Å². The highest BCUT2D eigenvalue weighted by Crippen LogP contribution is 2.23. The zero-order chi connectivity index (χ0) is 19.9. The summed E-state index contributed by atoms with van der Waals surface area (Å²) in [6.45, 7) is 0. The fourth-order valence-electron chi connectivity index (χ4n) is 3.52. The van der Waals surface area contributed by atoms with E-state index < -0.39 is 0 Å². The number of halogens is 1. The Bertz CT molecular complexity index is 847. The molecule has 6 heteroatoms. The molecule has 2 aromatic rings. The van der Waals surface area contributed by atoms with Gasteiger partial charge < -0.3 is 16.4 Å². The van der Waals surface area contributed by atoms with Crippen molar-refractivity contribution in [2.24, 2.45) is 0 Å². The molecule has 3 rings (SSSR count). The molecular weight excluding hydrogens is 374 g/mol. The van der Waals surface area contributed by atoms with Crippen molar-refractivity contribution in [1.82, 2.24) is 5.32 Å².